The van der Waals surface area contributed by atoms with Gasteiger partial charge in [0.25, 0.3) is 5.56 Å². The Morgan fingerprint density at radius 3 is 2.81 bits per heavy atom. The molecule has 2 aromatic heterocycles. The number of aromatic amines is 1. The van der Waals surface area contributed by atoms with Gasteiger partial charge in [-0.3, -0.25) is 4.79 Å². The average molecular weight is 411 g/mol. The summed E-state index contributed by atoms with van der Waals surface area (Å²) in [6.07, 6.45) is 0.898. The van der Waals surface area contributed by atoms with Crippen molar-refractivity contribution in [2.45, 2.75) is 31.9 Å². The molecule has 27 heavy (non-hydrogen) atoms. The highest BCUT2D eigenvalue weighted by atomic mass is 35.5. The van der Waals surface area contributed by atoms with Gasteiger partial charge in [-0.05, 0) is 55.0 Å². The lowest BCUT2D eigenvalue weighted by Gasteiger charge is -2.09. The Kier molecular flexibility index (Phi) is 4.60. The van der Waals surface area contributed by atoms with Gasteiger partial charge in [0.2, 0.25) is 0 Å². The third kappa shape index (κ3) is 3.53. The fourth-order valence-electron chi connectivity index (χ4n) is 3.30. The summed E-state index contributed by atoms with van der Waals surface area (Å²) in [6, 6.07) is 4.82. The number of nitrogens with zero attached hydrogens (tertiary/aromatic N) is 1. The van der Waals surface area contributed by atoms with Crippen LogP contribution in [0.2, 0.25) is 0 Å². The lowest BCUT2D eigenvalue weighted by atomic mass is 9.97. The summed E-state index contributed by atoms with van der Waals surface area (Å²) in [6.45, 7) is 0. The number of fused-ring (bicyclic) bond motifs is 3. The van der Waals surface area contributed by atoms with Crippen LogP contribution < -0.4 is 5.56 Å². The van der Waals surface area contributed by atoms with Crippen LogP contribution >= 0.6 is 22.9 Å². The molecule has 0 atom stereocenters. The van der Waals surface area contributed by atoms with Crippen LogP contribution in [0.5, 0.6) is 0 Å². The van der Waals surface area contributed by atoms with Crippen LogP contribution in [0.15, 0.2) is 29.1 Å². The highest BCUT2D eigenvalue weighted by Crippen LogP contribution is 2.34. The second kappa shape index (κ2) is 6.80. The highest BCUT2D eigenvalue weighted by Gasteiger charge is 2.30. The summed E-state index contributed by atoms with van der Waals surface area (Å²) in [5.41, 5.74) is 0.330. The maximum absolute atomic E-state index is 12.9. The minimum atomic E-state index is -4.43. The summed E-state index contributed by atoms with van der Waals surface area (Å²) in [5, 5.41) is 0.696. The van der Waals surface area contributed by atoms with Crippen molar-refractivity contribution in [2.24, 2.45) is 0 Å². The van der Waals surface area contributed by atoms with Crippen LogP contribution in [0.1, 0.15) is 40.2 Å². The van der Waals surface area contributed by atoms with Crippen LogP contribution in [-0.4, -0.2) is 9.97 Å². The number of alkyl halides is 3. The van der Waals surface area contributed by atoms with Crippen molar-refractivity contribution in [1.29, 1.82) is 0 Å². The largest absolute Gasteiger partial charge is 0.416 e. The number of hydrogen-bond acceptors (Lipinski definition) is 3. The molecule has 0 bridgehead atoms. The number of aryl methyl sites for hydroxylation is 2. The molecule has 4 rings (SSSR count). The molecule has 0 amide bonds. The van der Waals surface area contributed by atoms with Gasteiger partial charge >= 0.3 is 6.18 Å². The minimum absolute atomic E-state index is 0.0831. The Hall–Kier alpha value is -2.12. The molecule has 0 fully saturated rings. The van der Waals surface area contributed by atoms with E-state index in [1.807, 2.05) is 0 Å². The number of H-pyrrole nitrogens is 1. The van der Waals surface area contributed by atoms with Crippen LogP contribution in [0.4, 0.5) is 13.2 Å². The summed E-state index contributed by atoms with van der Waals surface area (Å²) in [7, 11) is 0. The maximum atomic E-state index is 12.9. The van der Waals surface area contributed by atoms with E-state index >= 15 is 0 Å². The second-order valence-corrected chi connectivity index (χ2v) is 7.91. The van der Waals surface area contributed by atoms with Crippen LogP contribution in [0.3, 0.4) is 0 Å². The summed E-state index contributed by atoms with van der Waals surface area (Å²) in [4.78, 5) is 21.5. The Balaban J connectivity index is 1.76. The molecule has 140 valence electrons. The first-order chi connectivity index (χ1) is 12.8. The lowest BCUT2D eigenvalue weighted by Crippen LogP contribution is -2.12. The van der Waals surface area contributed by atoms with E-state index < -0.39 is 11.7 Å². The molecule has 0 unspecified atom stereocenters. The van der Waals surface area contributed by atoms with Crippen molar-refractivity contribution in [1.82, 2.24) is 9.97 Å². The number of nitrogens with one attached hydrogen (secondary N) is 1. The van der Waals surface area contributed by atoms with Crippen molar-refractivity contribution < 1.29 is 13.2 Å². The van der Waals surface area contributed by atoms with Crippen molar-refractivity contribution in [3.05, 3.63) is 62.0 Å². The van der Waals surface area contributed by atoms with Gasteiger partial charge in [-0.15, -0.1) is 11.3 Å². The van der Waals surface area contributed by atoms with Crippen LogP contribution in [-0.2, 0) is 19.0 Å². The Bertz CT molecular complexity index is 1110. The van der Waals surface area contributed by atoms with E-state index in [2.05, 4.69) is 9.97 Å². The number of thiophene rings is 1. The molecule has 8 heteroatoms. The van der Waals surface area contributed by atoms with Gasteiger partial charge in [0.05, 0.1) is 16.0 Å². The van der Waals surface area contributed by atoms with Gasteiger partial charge in [0, 0.05) is 4.88 Å². The van der Waals surface area contributed by atoms with Crippen LogP contribution in [0, 0.1) is 0 Å². The SMILES string of the molecule is O=c1[nH]c(/C(Cl)=C/c2cccc(C(F)(F)F)c2)nc2sc3c(c12)CCCC3. The van der Waals surface area contributed by atoms with E-state index in [1.54, 1.807) is 0 Å². The van der Waals surface area contributed by atoms with Gasteiger partial charge in [0.1, 0.15) is 4.83 Å². The van der Waals surface area contributed by atoms with Gasteiger partial charge in [-0.25, -0.2) is 4.98 Å². The fraction of sp³-hybridized carbons (Fsp3) is 0.263. The first-order valence-electron chi connectivity index (χ1n) is 8.42. The standard InChI is InChI=1S/C19H14ClF3N2OS/c20-13(9-10-4-3-5-11(8-10)19(21,22)23)16-24-17(26)15-12-6-1-2-7-14(12)27-18(15)25-16/h3-5,8-9H,1-2,6-7H2,(H,24,25,26)/b13-9-. The molecule has 0 spiro atoms. The monoisotopic (exact) mass is 410 g/mol. The normalized spacial score (nSPS) is 15.2. The van der Waals surface area contributed by atoms with E-state index in [0.717, 1.165) is 43.4 Å². The molecule has 1 aliphatic rings. The van der Waals surface area contributed by atoms with Crippen molar-refractivity contribution in [3.8, 4) is 0 Å². The van der Waals surface area contributed by atoms with Crippen molar-refractivity contribution >= 4 is 44.3 Å². The Morgan fingerprint density at radius 1 is 1.26 bits per heavy atom. The first-order valence-corrected chi connectivity index (χ1v) is 9.62. The third-order valence-electron chi connectivity index (χ3n) is 4.56. The molecule has 0 saturated carbocycles. The zero-order chi connectivity index (χ0) is 19.2. The topological polar surface area (TPSA) is 45.8 Å². The number of aromatic nitrogens is 2. The van der Waals surface area contributed by atoms with E-state index in [0.29, 0.717) is 10.2 Å². The molecule has 3 nitrogen and oxygen atoms in total. The fourth-order valence-corrected chi connectivity index (χ4v) is 4.77. The molecule has 3 aromatic rings. The molecular formula is C19H14ClF3N2OS. The molecule has 1 N–H and O–H groups in total. The minimum Gasteiger partial charge on any atom is -0.305 e. The molecular weight excluding hydrogens is 397 g/mol. The third-order valence-corrected chi connectivity index (χ3v) is 6.03. The zero-order valence-corrected chi connectivity index (χ0v) is 15.6. The average Bonchev–Trinajstić information content (AvgIpc) is 3.00. The second-order valence-electron chi connectivity index (χ2n) is 6.42. The van der Waals surface area contributed by atoms with Gasteiger partial charge < -0.3 is 4.98 Å². The predicted molar refractivity (Wildman–Crippen MR) is 102 cm³/mol. The van der Waals surface area contributed by atoms with Crippen LogP contribution in [0.25, 0.3) is 21.3 Å². The maximum Gasteiger partial charge on any atom is 0.416 e. The molecule has 2 heterocycles. The molecule has 1 aromatic carbocycles. The first kappa shape index (κ1) is 18.3. The summed E-state index contributed by atoms with van der Waals surface area (Å²) in [5.74, 6) is 0.158. The molecule has 0 saturated heterocycles. The van der Waals surface area contributed by atoms with Crippen molar-refractivity contribution in [2.75, 3.05) is 0 Å². The number of hydrogen-bond donors (Lipinski definition) is 1. The number of halogens is 4. The molecule has 1 aliphatic carbocycles. The van der Waals surface area contributed by atoms with E-state index in [4.69, 9.17) is 11.6 Å². The van der Waals surface area contributed by atoms with E-state index in [1.165, 1.54) is 34.4 Å². The smallest absolute Gasteiger partial charge is 0.305 e. The number of rotatable bonds is 2. The summed E-state index contributed by atoms with van der Waals surface area (Å²) < 4.78 is 38.6. The van der Waals surface area contributed by atoms with Gasteiger partial charge in [-0.2, -0.15) is 13.2 Å². The lowest BCUT2D eigenvalue weighted by molar-refractivity contribution is -0.137. The van der Waals surface area contributed by atoms with Gasteiger partial charge in [-0.1, -0.05) is 23.7 Å². The quantitative estimate of drug-likeness (QED) is 0.596. The highest BCUT2D eigenvalue weighted by molar-refractivity contribution is 7.18. The summed E-state index contributed by atoms with van der Waals surface area (Å²) >= 11 is 7.75. The molecule has 0 aliphatic heterocycles. The van der Waals surface area contributed by atoms with E-state index in [9.17, 15) is 18.0 Å². The number of benzene rings is 1. The molecule has 0 radical (unpaired) electrons. The van der Waals surface area contributed by atoms with Gasteiger partial charge in [0.15, 0.2) is 5.82 Å². The van der Waals surface area contributed by atoms with Crippen molar-refractivity contribution in [3.63, 3.8) is 0 Å². The Morgan fingerprint density at radius 2 is 2.04 bits per heavy atom. The van der Waals surface area contributed by atoms with E-state index in [-0.39, 0.29) is 22.0 Å². The Labute approximate surface area is 161 Å². The zero-order valence-electron chi connectivity index (χ0n) is 14.0. The predicted octanol–water partition coefficient (Wildman–Crippen LogP) is 5.62.